The van der Waals surface area contributed by atoms with Crippen molar-refractivity contribution in [3.05, 3.63) is 53.7 Å². The number of methoxy groups -OCH3 is 1. The van der Waals surface area contributed by atoms with E-state index in [1.807, 2.05) is 0 Å². The molecule has 1 heterocycles. The van der Waals surface area contributed by atoms with Crippen LogP contribution in [0, 0.1) is 0 Å². The summed E-state index contributed by atoms with van der Waals surface area (Å²) in [7, 11) is 2.85. The van der Waals surface area contributed by atoms with Crippen molar-refractivity contribution >= 4 is 5.91 Å². The van der Waals surface area contributed by atoms with E-state index in [2.05, 4.69) is 9.72 Å². The number of aromatic nitrogens is 1. The van der Waals surface area contributed by atoms with Gasteiger partial charge in [0.2, 0.25) is 5.88 Å². The first-order valence-corrected chi connectivity index (χ1v) is 6.90. The summed E-state index contributed by atoms with van der Waals surface area (Å²) in [5.41, 5.74) is 0.449. The van der Waals surface area contributed by atoms with Crippen molar-refractivity contribution in [3.63, 3.8) is 0 Å². The van der Waals surface area contributed by atoms with Crippen LogP contribution in [0.4, 0.5) is 13.2 Å². The van der Waals surface area contributed by atoms with Crippen molar-refractivity contribution < 1.29 is 27.4 Å². The molecule has 24 heavy (non-hydrogen) atoms. The number of para-hydroxylation sites is 1. The van der Waals surface area contributed by atoms with E-state index in [1.54, 1.807) is 12.1 Å². The van der Waals surface area contributed by atoms with Crippen LogP contribution in [0.1, 0.15) is 15.9 Å². The molecule has 2 aromatic rings. The average molecular weight is 340 g/mol. The molecule has 1 aromatic heterocycles. The highest BCUT2D eigenvalue weighted by atomic mass is 19.4. The van der Waals surface area contributed by atoms with Gasteiger partial charge in [0.05, 0.1) is 7.11 Å². The zero-order valence-corrected chi connectivity index (χ0v) is 13.0. The minimum absolute atomic E-state index is 0.0663. The summed E-state index contributed by atoms with van der Waals surface area (Å²) in [6.07, 6.45) is -3.33. The molecular weight excluding hydrogens is 325 g/mol. The first-order valence-electron chi connectivity index (χ1n) is 6.90. The number of carbonyl (C=O) groups excluding carboxylic acids is 1. The molecule has 1 aromatic carbocycles. The van der Waals surface area contributed by atoms with Crippen molar-refractivity contribution in [2.24, 2.45) is 0 Å². The number of alkyl halides is 3. The highest BCUT2D eigenvalue weighted by molar-refractivity contribution is 5.96. The molecule has 1 amide bonds. The van der Waals surface area contributed by atoms with Crippen LogP contribution in [0.5, 0.6) is 11.6 Å². The van der Waals surface area contributed by atoms with E-state index in [0.717, 1.165) is 0 Å². The summed E-state index contributed by atoms with van der Waals surface area (Å²) in [6.45, 7) is -0.0663. The third-order valence-corrected chi connectivity index (χ3v) is 3.15. The fraction of sp³-hybridized carbons (Fsp3) is 0.250. The molecule has 0 N–H and O–H groups in total. The highest BCUT2D eigenvalue weighted by Gasteiger charge is 2.32. The summed E-state index contributed by atoms with van der Waals surface area (Å²) >= 11 is 0. The summed E-state index contributed by atoms with van der Waals surface area (Å²) in [6, 6.07) is 8.77. The van der Waals surface area contributed by atoms with E-state index >= 15 is 0 Å². The van der Waals surface area contributed by atoms with Crippen LogP contribution in [0.15, 0.2) is 42.6 Å². The molecule has 0 saturated heterocycles. The number of pyridine rings is 1. The van der Waals surface area contributed by atoms with Crippen LogP contribution >= 0.6 is 0 Å². The van der Waals surface area contributed by atoms with Crippen LogP contribution in [-0.4, -0.2) is 36.3 Å². The number of nitrogens with zero attached hydrogens (tertiary/aromatic N) is 2. The van der Waals surface area contributed by atoms with Gasteiger partial charge >= 0.3 is 6.36 Å². The second-order valence-corrected chi connectivity index (χ2v) is 4.88. The van der Waals surface area contributed by atoms with Crippen molar-refractivity contribution in [1.29, 1.82) is 0 Å². The molecular formula is C16H15F3N2O3. The summed E-state index contributed by atoms with van der Waals surface area (Å²) in [5.74, 6) is -0.626. The first kappa shape index (κ1) is 17.6. The van der Waals surface area contributed by atoms with Gasteiger partial charge in [-0.1, -0.05) is 18.2 Å². The standard InChI is InChI=1S/C16H15F3N2O3/c1-21(15(22)12-7-5-9-20-14(12)23-2)10-11-6-3-4-8-13(11)24-16(17,18)19/h3-9H,10H2,1-2H3. The van der Waals surface area contributed by atoms with Crippen molar-refractivity contribution in [2.75, 3.05) is 14.2 Å². The molecule has 0 aliphatic rings. The summed E-state index contributed by atoms with van der Waals surface area (Å²) in [4.78, 5) is 17.7. The maximum atomic E-state index is 12.5. The lowest BCUT2D eigenvalue weighted by atomic mass is 10.1. The molecule has 0 unspecified atom stereocenters. The van der Waals surface area contributed by atoms with Crippen LogP contribution in [0.3, 0.4) is 0 Å². The van der Waals surface area contributed by atoms with Gasteiger partial charge < -0.3 is 14.4 Å². The van der Waals surface area contributed by atoms with E-state index in [9.17, 15) is 18.0 Å². The average Bonchev–Trinajstić information content (AvgIpc) is 2.54. The number of ether oxygens (including phenoxy) is 2. The Morgan fingerprint density at radius 3 is 2.58 bits per heavy atom. The van der Waals surface area contributed by atoms with E-state index in [4.69, 9.17) is 4.74 Å². The molecule has 0 aliphatic heterocycles. The molecule has 0 atom stereocenters. The molecule has 5 nitrogen and oxygen atoms in total. The molecule has 128 valence electrons. The van der Waals surface area contributed by atoms with Gasteiger partial charge in [-0.3, -0.25) is 4.79 Å². The van der Waals surface area contributed by atoms with E-state index in [1.165, 1.54) is 49.5 Å². The second-order valence-electron chi connectivity index (χ2n) is 4.88. The maximum Gasteiger partial charge on any atom is 0.573 e. The Morgan fingerprint density at radius 2 is 1.92 bits per heavy atom. The number of hydrogen-bond donors (Lipinski definition) is 0. The van der Waals surface area contributed by atoms with Crippen LogP contribution in [0.25, 0.3) is 0 Å². The predicted octanol–water partition coefficient (Wildman–Crippen LogP) is 3.26. The Labute approximate surface area is 136 Å². The quantitative estimate of drug-likeness (QED) is 0.838. The minimum atomic E-state index is -4.80. The molecule has 0 bridgehead atoms. The Kier molecular flexibility index (Phi) is 5.28. The van der Waals surface area contributed by atoms with Crippen molar-refractivity contribution in [1.82, 2.24) is 9.88 Å². The van der Waals surface area contributed by atoms with Gasteiger partial charge in [-0.2, -0.15) is 0 Å². The van der Waals surface area contributed by atoms with Crippen LogP contribution in [-0.2, 0) is 6.54 Å². The fourth-order valence-electron chi connectivity index (χ4n) is 2.11. The topological polar surface area (TPSA) is 51.7 Å². The van der Waals surface area contributed by atoms with Gasteiger partial charge in [0.15, 0.2) is 0 Å². The molecule has 8 heteroatoms. The Morgan fingerprint density at radius 1 is 1.21 bits per heavy atom. The first-order chi connectivity index (χ1) is 11.3. The Bertz CT molecular complexity index is 720. The monoisotopic (exact) mass is 340 g/mol. The fourth-order valence-corrected chi connectivity index (χ4v) is 2.11. The van der Waals surface area contributed by atoms with Gasteiger partial charge in [-0.15, -0.1) is 13.2 Å². The zero-order valence-electron chi connectivity index (χ0n) is 13.0. The molecule has 0 fully saturated rings. The van der Waals surface area contributed by atoms with Gasteiger partial charge in [-0.25, -0.2) is 4.98 Å². The number of halogens is 3. The molecule has 2 rings (SSSR count). The largest absolute Gasteiger partial charge is 0.573 e. The Balaban J connectivity index is 2.21. The normalized spacial score (nSPS) is 11.0. The number of rotatable bonds is 5. The number of carbonyl (C=O) groups is 1. The number of hydrogen-bond acceptors (Lipinski definition) is 4. The van der Waals surface area contributed by atoms with Gasteiger partial charge in [-0.05, 0) is 18.2 Å². The maximum absolute atomic E-state index is 12.5. The van der Waals surface area contributed by atoms with Crippen molar-refractivity contribution in [3.8, 4) is 11.6 Å². The lowest BCUT2D eigenvalue weighted by molar-refractivity contribution is -0.274. The number of amides is 1. The van der Waals surface area contributed by atoms with Crippen molar-refractivity contribution in [2.45, 2.75) is 12.9 Å². The van der Waals surface area contributed by atoms with Crippen LogP contribution < -0.4 is 9.47 Å². The molecule has 0 saturated carbocycles. The third kappa shape index (κ3) is 4.37. The van der Waals surface area contributed by atoms with E-state index < -0.39 is 12.3 Å². The van der Waals surface area contributed by atoms with Crippen LogP contribution in [0.2, 0.25) is 0 Å². The van der Waals surface area contributed by atoms with Gasteiger partial charge in [0, 0.05) is 25.4 Å². The Hall–Kier alpha value is -2.77. The minimum Gasteiger partial charge on any atom is -0.480 e. The summed E-state index contributed by atoms with van der Waals surface area (Å²) in [5, 5.41) is 0. The number of benzene rings is 1. The lowest BCUT2D eigenvalue weighted by Gasteiger charge is -2.20. The third-order valence-electron chi connectivity index (χ3n) is 3.15. The zero-order chi connectivity index (χ0) is 17.7. The highest BCUT2D eigenvalue weighted by Crippen LogP contribution is 2.27. The molecule has 0 radical (unpaired) electrons. The smallest absolute Gasteiger partial charge is 0.480 e. The van der Waals surface area contributed by atoms with E-state index in [0.29, 0.717) is 0 Å². The molecule has 0 aliphatic carbocycles. The predicted molar refractivity (Wildman–Crippen MR) is 79.7 cm³/mol. The van der Waals surface area contributed by atoms with Gasteiger partial charge in [0.1, 0.15) is 11.3 Å². The lowest BCUT2D eigenvalue weighted by Crippen LogP contribution is -2.27. The van der Waals surface area contributed by atoms with Gasteiger partial charge in [0.25, 0.3) is 5.91 Å². The summed E-state index contributed by atoms with van der Waals surface area (Å²) < 4.78 is 46.4. The SMILES string of the molecule is COc1ncccc1C(=O)N(C)Cc1ccccc1OC(F)(F)F. The van der Waals surface area contributed by atoms with E-state index in [-0.39, 0.29) is 29.3 Å². The molecule has 0 spiro atoms. The second kappa shape index (κ2) is 7.20.